The molecule has 0 radical (unpaired) electrons. The van der Waals surface area contributed by atoms with Crippen LogP contribution >= 0.6 is 0 Å². The van der Waals surface area contributed by atoms with Crippen molar-refractivity contribution in [1.29, 1.82) is 0 Å². The van der Waals surface area contributed by atoms with Crippen LogP contribution in [0.3, 0.4) is 0 Å². The van der Waals surface area contributed by atoms with Crippen molar-refractivity contribution in [2.75, 3.05) is 13.1 Å². The Kier molecular flexibility index (Phi) is 4.75. The van der Waals surface area contributed by atoms with E-state index >= 15 is 0 Å². The summed E-state index contributed by atoms with van der Waals surface area (Å²) in [6, 6.07) is 21.2. The Morgan fingerprint density at radius 2 is 1.57 bits per heavy atom. The molecular weight excluding hydrogens is 372 g/mol. The van der Waals surface area contributed by atoms with Gasteiger partial charge in [-0.2, -0.15) is 10.1 Å². The molecule has 1 atom stereocenters. The molecular formula is C25H26N4O. The topological polar surface area (TPSA) is 41.4 Å². The molecule has 0 saturated carbocycles. The van der Waals surface area contributed by atoms with Crippen molar-refractivity contribution in [1.82, 2.24) is 19.8 Å². The Morgan fingerprint density at radius 3 is 2.20 bits per heavy atom. The van der Waals surface area contributed by atoms with Gasteiger partial charge in [-0.3, -0.25) is 4.79 Å². The van der Waals surface area contributed by atoms with Crippen molar-refractivity contribution in [3.63, 3.8) is 0 Å². The third-order valence-corrected chi connectivity index (χ3v) is 6.33. The lowest BCUT2D eigenvalue weighted by Gasteiger charge is -2.52. The number of hydrazine groups is 1. The fraction of sp³-hybridized carbons (Fsp3) is 0.280. The van der Waals surface area contributed by atoms with Gasteiger partial charge in [-0.25, -0.2) is 4.68 Å². The van der Waals surface area contributed by atoms with Crippen molar-refractivity contribution < 1.29 is 0 Å². The molecule has 5 heteroatoms. The maximum atomic E-state index is 12.5. The van der Waals surface area contributed by atoms with Crippen LogP contribution in [0.25, 0.3) is 5.70 Å². The van der Waals surface area contributed by atoms with E-state index in [1.165, 1.54) is 17.3 Å². The van der Waals surface area contributed by atoms with Crippen molar-refractivity contribution >= 4 is 5.70 Å². The molecule has 2 aliphatic heterocycles. The van der Waals surface area contributed by atoms with Crippen molar-refractivity contribution in [2.24, 2.45) is 0 Å². The Balaban J connectivity index is 1.77. The summed E-state index contributed by atoms with van der Waals surface area (Å²) in [5.74, 6) is 0.0641. The first-order valence-electron chi connectivity index (χ1n) is 10.6. The fourth-order valence-corrected chi connectivity index (χ4v) is 4.88. The molecule has 0 amide bonds. The van der Waals surface area contributed by atoms with Crippen LogP contribution in [0, 0.1) is 6.92 Å². The first-order chi connectivity index (χ1) is 14.7. The van der Waals surface area contributed by atoms with Crippen LogP contribution in [0.5, 0.6) is 0 Å². The molecule has 30 heavy (non-hydrogen) atoms. The summed E-state index contributed by atoms with van der Waals surface area (Å²) in [5, 5.41) is 9.33. The summed E-state index contributed by atoms with van der Waals surface area (Å²) >= 11 is 0. The van der Waals surface area contributed by atoms with Gasteiger partial charge >= 0.3 is 0 Å². The second-order valence-electron chi connectivity index (χ2n) is 8.08. The van der Waals surface area contributed by atoms with Crippen LogP contribution in [0.2, 0.25) is 0 Å². The zero-order valence-corrected chi connectivity index (χ0v) is 17.2. The number of benzene rings is 2. The summed E-state index contributed by atoms with van der Waals surface area (Å²) in [6.07, 6.45) is 3.62. The normalized spacial score (nSPS) is 18.9. The van der Waals surface area contributed by atoms with Crippen molar-refractivity contribution in [3.8, 4) is 0 Å². The van der Waals surface area contributed by atoms with E-state index in [4.69, 9.17) is 0 Å². The Hall–Kier alpha value is -3.18. The van der Waals surface area contributed by atoms with Crippen LogP contribution in [0.15, 0.2) is 78.2 Å². The van der Waals surface area contributed by atoms with Crippen LogP contribution in [0.4, 0.5) is 0 Å². The van der Waals surface area contributed by atoms with Gasteiger partial charge in [-0.05, 0) is 30.9 Å². The minimum Gasteiger partial charge on any atom is -0.302 e. The third kappa shape index (κ3) is 2.97. The smallest absolute Gasteiger partial charge is 0.203 e. The van der Waals surface area contributed by atoms with E-state index in [0.29, 0.717) is 5.56 Å². The SMILES string of the molecule is C=C1c2c(C)c(=O)cnn2C(C(c2ccccc2)c2ccccc2)N2CCCCN12. The minimum atomic E-state index is -0.0742. The molecule has 2 aliphatic rings. The molecule has 0 aliphatic carbocycles. The average molecular weight is 399 g/mol. The van der Waals surface area contributed by atoms with Gasteiger partial charge in [0.2, 0.25) is 5.43 Å². The number of nitrogens with zero attached hydrogens (tertiary/aromatic N) is 4. The zero-order valence-electron chi connectivity index (χ0n) is 17.2. The summed E-state index contributed by atoms with van der Waals surface area (Å²) in [6.45, 7) is 8.10. The Morgan fingerprint density at radius 1 is 0.967 bits per heavy atom. The minimum absolute atomic E-state index is 0.0393. The molecule has 5 nitrogen and oxygen atoms in total. The maximum absolute atomic E-state index is 12.5. The predicted molar refractivity (Wildman–Crippen MR) is 119 cm³/mol. The number of hydrogen-bond donors (Lipinski definition) is 0. The van der Waals surface area contributed by atoms with Gasteiger partial charge in [0.15, 0.2) is 0 Å². The molecule has 3 aromatic rings. The molecule has 2 aromatic carbocycles. The quantitative estimate of drug-likeness (QED) is 0.664. The summed E-state index contributed by atoms with van der Waals surface area (Å²) < 4.78 is 2.03. The van der Waals surface area contributed by atoms with Gasteiger partial charge in [-0.15, -0.1) is 0 Å². The number of fused-ring (bicyclic) bond motifs is 2. The molecule has 1 unspecified atom stereocenters. The number of rotatable bonds is 3. The molecule has 1 saturated heterocycles. The van der Waals surface area contributed by atoms with E-state index in [9.17, 15) is 4.79 Å². The van der Waals surface area contributed by atoms with E-state index in [0.717, 1.165) is 37.3 Å². The lowest BCUT2D eigenvalue weighted by atomic mass is 9.87. The van der Waals surface area contributed by atoms with Gasteiger partial charge in [0.1, 0.15) is 6.17 Å². The highest BCUT2D eigenvalue weighted by atomic mass is 16.1. The third-order valence-electron chi connectivity index (χ3n) is 6.33. The highest BCUT2D eigenvalue weighted by molar-refractivity contribution is 5.62. The van der Waals surface area contributed by atoms with Crippen LogP contribution in [0.1, 0.15) is 47.3 Å². The number of hydrogen-bond acceptors (Lipinski definition) is 4. The largest absolute Gasteiger partial charge is 0.302 e. The van der Waals surface area contributed by atoms with E-state index in [-0.39, 0.29) is 17.5 Å². The summed E-state index contributed by atoms with van der Waals surface area (Å²) in [7, 11) is 0. The summed E-state index contributed by atoms with van der Waals surface area (Å²) in [5.41, 5.74) is 4.86. The highest BCUT2D eigenvalue weighted by Gasteiger charge is 2.42. The van der Waals surface area contributed by atoms with Gasteiger partial charge in [-0.1, -0.05) is 67.2 Å². The van der Waals surface area contributed by atoms with Gasteiger partial charge in [0, 0.05) is 24.6 Å². The summed E-state index contributed by atoms with van der Waals surface area (Å²) in [4.78, 5) is 12.5. The van der Waals surface area contributed by atoms with E-state index in [1.807, 2.05) is 11.6 Å². The number of aromatic nitrogens is 2. The van der Waals surface area contributed by atoms with Crippen LogP contribution in [-0.2, 0) is 0 Å². The molecule has 1 fully saturated rings. The van der Waals surface area contributed by atoms with Gasteiger partial charge in [0.05, 0.1) is 17.6 Å². The van der Waals surface area contributed by atoms with E-state index in [2.05, 4.69) is 82.4 Å². The molecule has 0 bridgehead atoms. The van der Waals surface area contributed by atoms with Gasteiger partial charge in [0.25, 0.3) is 0 Å². The van der Waals surface area contributed by atoms with Crippen LogP contribution < -0.4 is 5.43 Å². The second-order valence-corrected chi connectivity index (χ2v) is 8.08. The monoisotopic (exact) mass is 398 g/mol. The fourth-order valence-electron chi connectivity index (χ4n) is 4.88. The van der Waals surface area contributed by atoms with Crippen LogP contribution in [-0.4, -0.2) is 32.9 Å². The standard InChI is InChI=1S/C25H26N4O/c1-18-22(30)17-26-29-24(18)19(2)27-15-9-10-16-28(27)25(29)23(20-11-5-3-6-12-20)21-13-7-4-8-14-21/h3-8,11-14,17,23,25H,2,9-10,15-16H2,1H3. The van der Waals surface area contributed by atoms with E-state index in [1.54, 1.807) is 0 Å². The lowest BCUT2D eigenvalue weighted by Crippen LogP contribution is -2.55. The first-order valence-corrected chi connectivity index (χ1v) is 10.6. The predicted octanol–water partition coefficient (Wildman–Crippen LogP) is 4.18. The Labute approximate surface area is 176 Å². The van der Waals surface area contributed by atoms with Gasteiger partial charge < -0.3 is 5.01 Å². The maximum Gasteiger partial charge on any atom is 0.203 e. The Bertz CT molecular complexity index is 1080. The molecule has 152 valence electrons. The van der Waals surface area contributed by atoms with E-state index < -0.39 is 0 Å². The molecule has 0 N–H and O–H groups in total. The lowest BCUT2D eigenvalue weighted by molar-refractivity contribution is -0.0872. The first kappa shape index (κ1) is 18.8. The zero-order chi connectivity index (χ0) is 20.7. The van der Waals surface area contributed by atoms with Crippen molar-refractivity contribution in [3.05, 3.63) is 106 Å². The molecule has 0 spiro atoms. The molecule has 5 rings (SSSR count). The van der Waals surface area contributed by atoms with Crippen molar-refractivity contribution in [2.45, 2.75) is 31.8 Å². The highest BCUT2D eigenvalue weighted by Crippen LogP contribution is 2.44. The average Bonchev–Trinajstić information content (AvgIpc) is 2.80. The molecule has 1 aromatic heterocycles. The second kappa shape index (κ2) is 7.58. The molecule has 3 heterocycles.